The normalized spacial score (nSPS) is 11.2. The number of hydrogen-bond acceptors (Lipinski definition) is 6. The first-order valence-electron chi connectivity index (χ1n) is 10.1. The van der Waals surface area contributed by atoms with Crippen LogP contribution in [-0.2, 0) is 10.0 Å². The van der Waals surface area contributed by atoms with Gasteiger partial charge in [0.2, 0.25) is 12.3 Å². The van der Waals surface area contributed by atoms with Gasteiger partial charge >= 0.3 is 0 Å². The molecule has 1 amide bonds. The molecule has 0 aliphatic rings. The van der Waals surface area contributed by atoms with E-state index in [-0.39, 0.29) is 10.8 Å². The average molecular weight is 463 g/mol. The van der Waals surface area contributed by atoms with Crippen molar-refractivity contribution >= 4 is 27.3 Å². The quantitative estimate of drug-likeness (QED) is 0.429. The maximum atomic E-state index is 12.8. The van der Waals surface area contributed by atoms with E-state index in [0.29, 0.717) is 28.4 Å². The van der Waals surface area contributed by atoms with Crippen LogP contribution >= 0.6 is 0 Å². The van der Waals surface area contributed by atoms with Gasteiger partial charge in [-0.25, -0.2) is 8.42 Å². The summed E-state index contributed by atoms with van der Waals surface area (Å²) in [6, 6.07) is 16.6. The topological polar surface area (TPSA) is 114 Å². The van der Waals surface area contributed by atoms with Gasteiger partial charge in [0, 0.05) is 22.5 Å². The fraction of sp³-hybridized carbons (Fsp3) is 0.125. The number of aromatic nitrogens is 2. The molecular weight excluding hydrogens is 440 g/mol. The maximum absolute atomic E-state index is 12.8. The first-order valence-corrected chi connectivity index (χ1v) is 11.6. The van der Waals surface area contributed by atoms with Crippen LogP contribution in [0.2, 0.25) is 0 Å². The number of anilines is 2. The van der Waals surface area contributed by atoms with Crippen LogP contribution < -0.4 is 10.0 Å². The van der Waals surface area contributed by atoms with Crippen molar-refractivity contribution in [1.29, 1.82) is 0 Å². The number of rotatable bonds is 6. The van der Waals surface area contributed by atoms with Crippen LogP contribution in [0.25, 0.3) is 11.5 Å². The van der Waals surface area contributed by atoms with Crippen LogP contribution in [0, 0.1) is 20.8 Å². The molecule has 0 atom stereocenters. The summed E-state index contributed by atoms with van der Waals surface area (Å²) >= 11 is 0. The Bertz CT molecular complexity index is 1410. The highest BCUT2D eigenvalue weighted by atomic mass is 32.2. The number of sulfonamides is 1. The van der Waals surface area contributed by atoms with Gasteiger partial charge in [0.1, 0.15) is 0 Å². The molecule has 4 aromatic rings. The number of nitrogens with one attached hydrogen (secondary N) is 2. The zero-order chi connectivity index (χ0) is 23.6. The van der Waals surface area contributed by atoms with E-state index in [1.807, 2.05) is 32.9 Å². The number of amides is 1. The molecule has 0 fully saturated rings. The summed E-state index contributed by atoms with van der Waals surface area (Å²) in [6.07, 6.45) is 1.24. The third-order valence-corrected chi connectivity index (χ3v) is 6.66. The highest BCUT2D eigenvalue weighted by Crippen LogP contribution is 2.25. The standard InChI is InChI=1S/C24H22N4O4S/c1-15-5-11-21(12-17(15)3)33(30,31)28-20-9-7-18(8-10-20)23(29)26-22-13-19(6-4-16(22)2)24-27-25-14-32-24/h4-14,28H,1-3H3,(H,26,29). The van der Waals surface area contributed by atoms with Crippen LogP contribution in [0.1, 0.15) is 27.0 Å². The van der Waals surface area contributed by atoms with Crippen LogP contribution in [-0.4, -0.2) is 24.5 Å². The number of carbonyl (C=O) groups excluding carboxylic acids is 1. The number of nitrogens with zero attached hydrogens (tertiary/aromatic N) is 2. The SMILES string of the molecule is Cc1ccc(S(=O)(=O)Nc2ccc(C(=O)Nc3cc(-c4nnco4)ccc3C)cc2)cc1C. The largest absolute Gasteiger partial charge is 0.423 e. The minimum absolute atomic E-state index is 0.184. The van der Waals surface area contributed by atoms with E-state index in [1.165, 1.54) is 6.39 Å². The second-order valence-corrected chi connectivity index (χ2v) is 9.34. The number of aryl methyl sites for hydroxylation is 3. The summed E-state index contributed by atoms with van der Waals surface area (Å²) in [7, 11) is -3.74. The Hall–Kier alpha value is -3.98. The van der Waals surface area contributed by atoms with Gasteiger partial charge in [0.25, 0.3) is 15.9 Å². The van der Waals surface area contributed by atoms with Gasteiger partial charge in [0.15, 0.2) is 0 Å². The Labute approximate surface area is 191 Å². The second-order valence-electron chi connectivity index (χ2n) is 7.66. The lowest BCUT2D eigenvalue weighted by molar-refractivity contribution is 0.102. The Morgan fingerprint density at radius 1 is 0.879 bits per heavy atom. The molecular formula is C24H22N4O4S. The van der Waals surface area contributed by atoms with Gasteiger partial charge in [-0.15, -0.1) is 10.2 Å². The molecule has 3 aromatic carbocycles. The highest BCUT2D eigenvalue weighted by molar-refractivity contribution is 7.92. The fourth-order valence-electron chi connectivity index (χ4n) is 3.17. The number of carbonyl (C=O) groups is 1. The van der Waals surface area contributed by atoms with Crippen molar-refractivity contribution in [3.63, 3.8) is 0 Å². The highest BCUT2D eigenvalue weighted by Gasteiger charge is 2.16. The van der Waals surface area contributed by atoms with E-state index in [4.69, 9.17) is 4.42 Å². The van der Waals surface area contributed by atoms with Gasteiger partial charge in [-0.2, -0.15) is 0 Å². The molecule has 9 heteroatoms. The van der Waals surface area contributed by atoms with E-state index in [1.54, 1.807) is 48.5 Å². The van der Waals surface area contributed by atoms with Crippen molar-refractivity contribution in [2.45, 2.75) is 25.7 Å². The van der Waals surface area contributed by atoms with Crippen LogP contribution in [0.5, 0.6) is 0 Å². The fourth-order valence-corrected chi connectivity index (χ4v) is 4.31. The van der Waals surface area contributed by atoms with Crippen LogP contribution in [0.4, 0.5) is 11.4 Å². The van der Waals surface area contributed by atoms with E-state index in [2.05, 4.69) is 20.2 Å². The lowest BCUT2D eigenvalue weighted by Gasteiger charge is -2.12. The Kier molecular flexibility index (Phi) is 5.97. The molecule has 0 aliphatic heterocycles. The minimum Gasteiger partial charge on any atom is -0.423 e. The molecule has 0 saturated carbocycles. The summed E-state index contributed by atoms with van der Waals surface area (Å²) in [6.45, 7) is 5.66. The molecule has 168 valence electrons. The summed E-state index contributed by atoms with van der Waals surface area (Å²) in [4.78, 5) is 12.9. The lowest BCUT2D eigenvalue weighted by atomic mass is 10.1. The van der Waals surface area contributed by atoms with Crippen molar-refractivity contribution in [3.8, 4) is 11.5 Å². The Morgan fingerprint density at radius 3 is 2.27 bits per heavy atom. The van der Waals surface area contributed by atoms with Gasteiger partial charge in [-0.3, -0.25) is 9.52 Å². The third kappa shape index (κ3) is 4.93. The molecule has 0 saturated heterocycles. The molecule has 0 spiro atoms. The molecule has 0 aliphatic carbocycles. The summed E-state index contributed by atoms with van der Waals surface area (Å²) in [5, 5.41) is 10.4. The van der Waals surface area contributed by atoms with Crippen molar-refractivity contribution in [2.75, 3.05) is 10.0 Å². The molecule has 1 aromatic heterocycles. The van der Waals surface area contributed by atoms with Crippen molar-refractivity contribution < 1.29 is 17.6 Å². The molecule has 0 unspecified atom stereocenters. The third-order valence-electron chi connectivity index (χ3n) is 5.28. The van der Waals surface area contributed by atoms with Gasteiger partial charge in [-0.1, -0.05) is 12.1 Å². The molecule has 2 N–H and O–H groups in total. The number of benzene rings is 3. The lowest BCUT2D eigenvalue weighted by Crippen LogP contribution is -2.15. The molecule has 8 nitrogen and oxygen atoms in total. The van der Waals surface area contributed by atoms with E-state index in [0.717, 1.165) is 16.7 Å². The van der Waals surface area contributed by atoms with E-state index in [9.17, 15) is 13.2 Å². The molecule has 33 heavy (non-hydrogen) atoms. The first kappa shape index (κ1) is 22.2. The van der Waals surface area contributed by atoms with E-state index < -0.39 is 10.0 Å². The maximum Gasteiger partial charge on any atom is 0.261 e. The summed E-state index contributed by atoms with van der Waals surface area (Å²) in [5.74, 6) is 0.0234. The summed E-state index contributed by atoms with van der Waals surface area (Å²) in [5.41, 5.74) is 4.81. The predicted octanol–water partition coefficient (Wildman–Crippen LogP) is 4.71. The monoisotopic (exact) mass is 462 g/mol. The van der Waals surface area contributed by atoms with Crippen LogP contribution in [0.15, 0.2) is 76.4 Å². The average Bonchev–Trinajstić information content (AvgIpc) is 3.32. The summed E-state index contributed by atoms with van der Waals surface area (Å²) < 4.78 is 33.1. The van der Waals surface area contributed by atoms with Crippen molar-refractivity contribution in [1.82, 2.24) is 10.2 Å². The minimum atomic E-state index is -3.74. The predicted molar refractivity (Wildman–Crippen MR) is 126 cm³/mol. The molecule has 0 radical (unpaired) electrons. The van der Waals surface area contributed by atoms with E-state index >= 15 is 0 Å². The number of hydrogen-bond donors (Lipinski definition) is 2. The van der Waals surface area contributed by atoms with Gasteiger partial charge < -0.3 is 9.73 Å². The molecule has 4 rings (SSSR count). The molecule has 0 bridgehead atoms. The Balaban J connectivity index is 1.49. The zero-order valence-electron chi connectivity index (χ0n) is 18.3. The van der Waals surface area contributed by atoms with Crippen LogP contribution in [0.3, 0.4) is 0 Å². The van der Waals surface area contributed by atoms with Gasteiger partial charge in [-0.05, 0) is 86.0 Å². The zero-order valence-corrected chi connectivity index (χ0v) is 19.1. The molecule has 1 heterocycles. The first-order chi connectivity index (χ1) is 15.7. The Morgan fingerprint density at radius 2 is 1.61 bits per heavy atom. The second kappa shape index (κ2) is 8.87. The van der Waals surface area contributed by atoms with Gasteiger partial charge in [0.05, 0.1) is 4.90 Å². The van der Waals surface area contributed by atoms with Crippen molar-refractivity contribution in [2.24, 2.45) is 0 Å². The van der Waals surface area contributed by atoms with Crippen molar-refractivity contribution in [3.05, 3.63) is 89.3 Å². The smallest absolute Gasteiger partial charge is 0.261 e.